The lowest BCUT2D eigenvalue weighted by molar-refractivity contribution is 0.204. The van der Waals surface area contributed by atoms with Crippen LogP contribution in [0.1, 0.15) is 11.7 Å². The van der Waals surface area contributed by atoms with E-state index in [0.29, 0.717) is 21.7 Å². The van der Waals surface area contributed by atoms with Gasteiger partial charge in [-0.05, 0) is 0 Å². The maximum Gasteiger partial charge on any atom is 0.142 e. The number of halogens is 2. The Morgan fingerprint density at radius 1 is 1.50 bits per heavy atom. The number of hydrogen-bond donors (Lipinski definition) is 2. The molecule has 0 aliphatic rings. The molecule has 0 saturated carbocycles. The molecule has 0 bridgehead atoms. The number of H-pyrrole nitrogens is 1. The molecule has 2 aromatic rings. The van der Waals surface area contributed by atoms with Crippen LogP contribution in [0.15, 0.2) is 12.5 Å². The fourth-order valence-electron chi connectivity index (χ4n) is 1.29. The summed E-state index contributed by atoms with van der Waals surface area (Å²) in [5, 5.41) is 10.5. The monoisotopic (exact) mass is 231 g/mol. The standard InChI is InChI=1S/C8H7Cl2N3O/c9-1-5(14)4-2-11-8-6(4)7(10)12-3-13-8/h2-3,5,14H,1H2,(H,11,12,13). The van der Waals surface area contributed by atoms with Crippen molar-refractivity contribution in [3.63, 3.8) is 0 Å². The average molecular weight is 232 g/mol. The lowest BCUT2D eigenvalue weighted by Crippen LogP contribution is -1.97. The summed E-state index contributed by atoms with van der Waals surface area (Å²) in [6, 6.07) is 0. The molecule has 1 unspecified atom stereocenters. The van der Waals surface area contributed by atoms with Crippen LogP contribution in [-0.4, -0.2) is 25.9 Å². The molecule has 74 valence electrons. The number of hydrogen-bond acceptors (Lipinski definition) is 3. The number of rotatable bonds is 2. The minimum atomic E-state index is -0.756. The molecule has 0 radical (unpaired) electrons. The van der Waals surface area contributed by atoms with Gasteiger partial charge >= 0.3 is 0 Å². The second-order valence-corrected chi connectivity index (χ2v) is 3.47. The van der Waals surface area contributed by atoms with Crippen LogP contribution in [0, 0.1) is 0 Å². The van der Waals surface area contributed by atoms with E-state index in [1.165, 1.54) is 6.33 Å². The lowest BCUT2D eigenvalue weighted by Gasteiger charge is -2.04. The van der Waals surface area contributed by atoms with Gasteiger partial charge in [0, 0.05) is 11.8 Å². The number of alkyl halides is 1. The smallest absolute Gasteiger partial charge is 0.142 e. The third-order valence-corrected chi connectivity index (χ3v) is 2.54. The number of aromatic amines is 1. The Labute approximate surface area is 89.9 Å². The second kappa shape index (κ2) is 3.73. The summed E-state index contributed by atoms with van der Waals surface area (Å²) in [6.45, 7) is 0. The fourth-order valence-corrected chi connectivity index (χ4v) is 1.70. The predicted molar refractivity (Wildman–Crippen MR) is 54.6 cm³/mol. The van der Waals surface area contributed by atoms with Gasteiger partial charge in [-0.2, -0.15) is 0 Å². The van der Waals surface area contributed by atoms with Gasteiger partial charge in [-0.3, -0.25) is 0 Å². The molecular formula is C8H7Cl2N3O. The number of aromatic nitrogens is 3. The van der Waals surface area contributed by atoms with Crippen LogP contribution < -0.4 is 0 Å². The van der Waals surface area contributed by atoms with Gasteiger partial charge in [0.25, 0.3) is 0 Å². The minimum absolute atomic E-state index is 0.109. The van der Waals surface area contributed by atoms with Crippen LogP contribution in [0.2, 0.25) is 5.15 Å². The summed E-state index contributed by atoms with van der Waals surface area (Å²) in [4.78, 5) is 10.7. The van der Waals surface area contributed by atoms with Gasteiger partial charge in [0.15, 0.2) is 0 Å². The van der Waals surface area contributed by atoms with Gasteiger partial charge in [-0.1, -0.05) is 11.6 Å². The maximum atomic E-state index is 9.57. The van der Waals surface area contributed by atoms with Gasteiger partial charge in [0.05, 0.1) is 17.4 Å². The third kappa shape index (κ3) is 1.45. The Kier molecular flexibility index (Phi) is 2.58. The zero-order valence-electron chi connectivity index (χ0n) is 7.04. The largest absolute Gasteiger partial charge is 0.387 e. The number of aliphatic hydroxyl groups excluding tert-OH is 1. The van der Waals surface area contributed by atoms with Crippen LogP contribution >= 0.6 is 23.2 Å². The van der Waals surface area contributed by atoms with E-state index in [4.69, 9.17) is 23.2 Å². The summed E-state index contributed by atoms with van der Waals surface area (Å²) in [6.07, 6.45) is 2.24. The van der Waals surface area contributed by atoms with Crippen molar-refractivity contribution >= 4 is 34.2 Å². The Balaban J connectivity index is 2.67. The first-order valence-electron chi connectivity index (χ1n) is 3.95. The molecule has 2 N–H and O–H groups in total. The van der Waals surface area contributed by atoms with Gasteiger partial charge in [0.1, 0.15) is 17.1 Å². The van der Waals surface area contributed by atoms with E-state index in [1.807, 2.05) is 0 Å². The van der Waals surface area contributed by atoms with E-state index in [1.54, 1.807) is 6.20 Å². The van der Waals surface area contributed by atoms with Crippen molar-refractivity contribution in [3.05, 3.63) is 23.2 Å². The quantitative estimate of drug-likeness (QED) is 0.613. The van der Waals surface area contributed by atoms with E-state index < -0.39 is 6.10 Å². The van der Waals surface area contributed by atoms with Gasteiger partial charge < -0.3 is 10.1 Å². The van der Waals surface area contributed by atoms with Crippen LogP contribution in [0.25, 0.3) is 11.0 Å². The van der Waals surface area contributed by atoms with E-state index >= 15 is 0 Å². The van der Waals surface area contributed by atoms with Crippen molar-refractivity contribution in [1.29, 1.82) is 0 Å². The summed E-state index contributed by atoms with van der Waals surface area (Å²) >= 11 is 11.4. The van der Waals surface area contributed by atoms with Crippen molar-refractivity contribution in [2.45, 2.75) is 6.10 Å². The zero-order chi connectivity index (χ0) is 10.1. The molecule has 0 saturated heterocycles. The SMILES string of the molecule is OC(CCl)c1c[nH]c2ncnc(Cl)c12. The molecule has 14 heavy (non-hydrogen) atoms. The zero-order valence-corrected chi connectivity index (χ0v) is 8.55. The molecule has 6 heteroatoms. The molecule has 2 rings (SSSR count). The van der Waals surface area contributed by atoms with E-state index in [9.17, 15) is 5.11 Å². The first-order chi connectivity index (χ1) is 6.74. The predicted octanol–water partition coefficient (Wildman–Crippen LogP) is 1.88. The van der Waals surface area contributed by atoms with Gasteiger partial charge in [0.2, 0.25) is 0 Å². The second-order valence-electron chi connectivity index (χ2n) is 2.80. The van der Waals surface area contributed by atoms with Crippen molar-refractivity contribution in [2.24, 2.45) is 0 Å². The number of nitrogens with zero attached hydrogens (tertiary/aromatic N) is 2. The van der Waals surface area contributed by atoms with Gasteiger partial charge in [-0.25, -0.2) is 9.97 Å². The molecule has 4 nitrogen and oxygen atoms in total. The average Bonchev–Trinajstić information content (AvgIpc) is 2.62. The first-order valence-corrected chi connectivity index (χ1v) is 4.86. The summed E-state index contributed by atoms with van der Waals surface area (Å²) in [7, 11) is 0. The van der Waals surface area contributed by atoms with E-state index in [0.717, 1.165) is 0 Å². The van der Waals surface area contributed by atoms with Crippen molar-refractivity contribution in [2.75, 3.05) is 5.88 Å². The number of fused-ring (bicyclic) bond motifs is 1. The van der Waals surface area contributed by atoms with Gasteiger partial charge in [-0.15, -0.1) is 11.6 Å². The number of aliphatic hydroxyl groups is 1. The molecule has 0 aliphatic heterocycles. The highest BCUT2D eigenvalue weighted by Crippen LogP contribution is 2.28. The Morgan fingerprint density at radius 2 is 2.29 bits per heavy atom. The minimum Gasteiger partial charge on any atom is -0.387 e. The topological polar surface area (TPSA) is 61.8 Å². The van der Waals surface area contributed by atoms with Crippen LogP contribution in [0.5, 0.6) is 0 Å². The molecule has 0 aliphatic carbocycles. The molecule has 0 aromatic carbocycles. The Bertz CT molecular complexity index is 457. The van der Waals surface area contributed by atoms with Crippen molar-refractivity contribution in [3.8, 4) is 0 Å². The Hall–Kier alpha value is -0.840. The summed E-state index contributed by atoms with van der Waals surface area (Å²) in [5.41, 5.74) is 1.23. The molecular weight excluding hydrogens is 225 g/mol. The third-order valence-electron chi connectivity index (χ3n) is 1.96. The highest BCUT2D eigenvalue weighted by atomic mass is 35.5. The maximum absolute atomic E-state index is 9.57. The molecule has 2 heterocycles. The first kappa shape index (κ1) is 9.71. The molecule has 0 fully saturated rings. The Morgan fingerprint density at radius 3 is 3.00 bits per heavy atom. The van der Waals surface area contributed by atoms with Crippen LogP contribution in [0.3, 0.4) is 0 Å². The molecule has 1 atom stereocenters. The molecule has 0 spiro atoms. The van der Waals surface area contributed by atoms with Crippen LogP contribution in [0.4, 0.5) is 0 Å². The summed E-state index contributed by atoms with van der Waals surface area (Å²) < 4.78 is 0. The highest BCUT2D eigenvalue weighted by Gasteiger charge is 2.15. The van der Waals surface area contributed by atoms with Crippen molar-refractivity contribution in [1.82, 2.24) is 15.0 Å². The summed E-state index contributed by atoms with van der Waals surface area (Å²) in [5.74, 6) is 0.109. The molecule has 0 amide bonds. The number of nitrogens with one attached hydrogen (secondary N) is 1. The van der Waals surface area contributed by atoms with E-state index in [2.05, 4.69) is 15.0 Å². The lowest BCUT2D eigenvalue weighted by atomic mass is 10.1. The highest BCUT2D eigenvalue weighted by molar-refractivity contribution is 6.34. The fraction of sp³-hybridized carbons (Fsp3) is 0.250. The van der Waals surface area contributed by atoms with Crippen LogP contribution in [-0.2, 0) is 0 Å². The normalized spacial score (nSPS) is 13.4. The van der Waals surface area contributed by atoms with E-state index in [-0.39, 0.29) is 5.88 Å². The molecule has 2 aromatic heterocycles. The van der Waals surface area contributed by atoms with Crippen molar-refractivity contribution < 1.29 is 5.11 Å².